The van der Waals surface area contributed by atoms with Gasteiger partial charge in [0.05, 0.1) is 6.04 Å². The van der Waals surface area contributed by atoms with Gasteiger partial charge in [-0.05, 0) is 37.0 Å². The summed E-state index contributed by atoms with van der Waals surface area (Å²) in [5, 5.41) is 7.16. The van der Waals surface area contributed by atoms with Crippen molar-refractivity contribution < 1.29 is 0 Å². The van der Waals surface area contributed by atoms with Crippen LogP contribution in [0.2, 0.25) is 0 Å². The molecule has 1 aliphatic carbocycles. The van der Waals surface area contributed by atoms with E-state index in [0.717, 1.165) is 12.3 Å². The maximum Gasteiger partial charge on any atom is 0.109 e. The van der Waals surface area contributed by atoms with E-state index in [1.807, 2.05) is 6.20 Å². The Morgan fingerprint density at radius 1 is 1.56 bits per heavy atom. The van der Waals surface area contributed by atoms with Gasteiger partial charge in [0.1, 0.15) is 5.01 Å². The summed E-state index contributed by atoms with van der Waals surface area (Å²) in [5.74, 6) is 0.766. The quantitative estimate of drug-likeness (QED) is 0.873. The Kier molecular flexibility index (Phi) is 4.44. The van der Waals surface area contributed by atoms with Crippen LogP contribution < -0.4 is 5.32 Å². The van der Waals surface area contributed by atoms with Crippen LogP contribution in [0.1, 0.15) is 64.4 Å². The Labute approximate surface area is 115 Å². The van der Waals surface area contributed by atoms with Gasteiger partial charge >= 0.3 is 0 Å². The molecule has 1 aromatic heterocycles. The molecule has 1 aromatic rings. The number of aromatic nitrogens is 1. The van der Waals surface area contributed by atoms with Crippen molar-refractivity contribution in [2.45, 2.75) is 65.5 Å². The molecule has 1 heterocycles. The van der Waals surface area contributed by atoms with E-state index in [0.29, 0.717) is 17.5 Å². The Morgan fingerprint density at radius 3 is 2.89 bits per heavy atom. The molecule has 1 N–H and O–H groups in total. The normalized spacial score (nSPS) is 29.1. The average Bonchev–Trinajstić information content (AvgIpc) is 2.81. The molecule has 2 nitrogen and oxygen atoms in total. The molecule has 3 unspecified atom stereocenters. The fraction of sp³-hybridized carbons (Fsp3) is 0.800. The molecule has 102 valence electrons. The van der Waals surface area contributed by atoms with Crippen LogP contribution in [0.5, 0.6) is 0 Å². The highest BCUT2D eigenvalue weighted by molar-refractivity contribution is 7.09. The van der Waals surface area contributed by atoms with E-state index in [4.69, 9.17) is 0 Å². The van der Waals surface area contributed by atoms with Crippen LogP contribution in [0, 0.1) is 11.3 Å². The molecule has 0 amide bonds. The molecular formula is C15H26N2S. The predicted octanol–water partition coefficient (Wildman–Crippen LogP) is 4.40. The molecule has 0 spiro atoms. The van der Waals surface area contributed by atoms with Crippen molar-refractivity contribution in [3.63, 3.8) is 0 Å². The van der Waals surface area contributed by atoms with E-state index in [-0.39, 0.29) is 0 Å². The highest BCUT2D eigenvalue weighted by atomic mass is 32.1. The molecule has 0 aliphatic heterocycles. The summed E-state index contributed by atoms with van der Waals surface area (Å²) >= 11 is 1.77. The van der Waals surface area contributed by atoms with Gasteiger partial charge in [-0.1, -0.05) is 27.7 Å². The minimum Gasteiger partial charge on any atom is -0.305 e. The predicted molar refractivity (Wildman–Crippen MR) is 78.9 cm³/mol. The van der Waals surface area contributed by atoms with Gasteiger partial charge in [0.25, 0.3) is 0 Å². The van der Waals surface area contributed by atoms with Crippen LogP contribution in [-0.4, -0.2) is 11.0 Å². The summed E-state index contributed by atoms with van der Waals surface area (Å²) < 4.78 is 0. The number of thiazole rings is 1. The SMILES string of the molecule is CCC(NC1CCC(C)(C)CC1C)c1nccs1. The van der Waals surface area contributed by atoms with Crippen molar-refractivity contribution in [1.82, 2.24) is 10.3 Å². The third-order valence-electron chi connectivity index (χ3n) is 4.27. The minimum atomic E-state index is 0.443. The van der Waals surface area contributed by atoms with Crippen LogP contribution >= 0.6 is 11.3 Å². The topological polar surface area (TPSA) is 24.9 Å². The zero-order valence-corrected chi connectivity index (χ0v) is 12.9. The lowest BCUT2D eigenvalue weighted by atomic mass is 9.70. The number of rotatable bonds is 4. The smallest absolute Gasteiger partial charge is 0.109 e. The molecular weight excluding hydrogens is 240 g/mol. The largest absolute Gasteiger partial charge is 0.305 e. The summed E-state index contributed by atoms with van der Waals surface area (Å²) in [7, 11) is 0. The fourth-order valence-electron chi connectivity index (χ4n) is 3.22. The van der Waals surface area contributed by atoms with Crippen LogP contribution in [0.4, 0.5) is 0 Å². The monoisotopic (exact) mass is 266 g/mol. The van der Waals surface area contributed by atoms with E-state index < -0.39 is 0 Å². The first-order valence-electron chi connectivity index (χ1n) is 7.17. The molecule has 0 aromatic carbocycles. The lowest BCUT2D eigenvalue weighted by Crippen LogP contribution is -2.43. The molecule has 0 radical (unpaired) electrons. The highest BCUT2D eigenvalue weighted by Crippen LogP contribution is 2.39. The molecule has 3 atom stereocenters. The van der Waals surface area contributed by atoms with Gasteiger partial charge in [-0.15, -0.1) is 11.3 Å². The standard InChI is InChI=1S/C15H26N2S/c1-5-12(14-16-8-9-18-14)17-13-6-7-15(3,4)10-11(13)2/h8-9,11-13,17H,5-7,10H2,1-4H3. The van der Waals surface area contributed by atoms with Crippen molar-refractivity contribution in [2.24, 2.45) is 11.3 Å². The summed E-state index contributed by atoms with van der Waals surface area (Å²) in [5.41, 5.74) is 0.528. The van der Waals surface area contributed by atoms with Gasteiger partial charge < -0.3 is 5.32 Å². The zero-order chi connectivity index (χ0) is 13.2. The van der Waals surface area contributed by atoms with Gasteiger partial charge in [0.15, 0.2) is 0 Å². The van der Waals surface area contributed by atoms with Crippen molar-refractivity contribution in [3.05, 3.63) is 16.6 Å². The van der Waals surface area contributed by atoms with Gasteiger partial charge in [-0.2, -0.15) is 0 Å². The highest BCUT2D eigenvalue weighted by Gasteiger charge is 2.33. The van der Waals surface area contributed by atoms with E-state index in [1.165, 1.54) is 24.3 Å². The van der Waals surface area contributed by atoms with Crippen LogP contribution in [-0.2, 0) is 0 Å². The first-order valence-corrected chi connectivity index (χ1v) is 8.05. The van der Waals surface area contributed by atoms with Gasteiger partial charge in [-0.25, -0.2) is 4.98 Å². The number of nitrogens with zero attached hydrogens (tertiary/aromatic N) is 1. The molecule has 18 heavy (non-hydrogen) atoms. The summed E-state index contributed by atoms with van der Waals surface area (Å²) in [6, 6.07) is 1.10. The summed E-state index contributed by atoms with van der Waals surface area (Å²) in [6.07, 6.45) is 7.01. The van der Waals surface area contributed by atoms with Gasteiger partial charge in [-0.3, -0.25) is 0 Å². The van der Waals surface area contributed by atoms with Crippen molar-refractivity contribution in [3.8, 4) is 0 Å². The molecule has 2 rings (SSSR count). The molecule has 1 saturated carbocycles. The third-order valence-corrected chi connectivity index (χ3v) is 5.16. The number of hydrogen-bond donors (Lipinski definition) is 1. The first-order chi connectivity index (χ1) is 8.52. The number of hydrogen-bond acceptors (Lipinski definition) is 3. The Balaban J connectivity index is 1.96. The van der Waals surface area contributed by atoms with Crippen LogP contribution in [0.15, 0.2) is 11.6 Å². The van der Waals surface area contributed by atoms with E-state index in [1.54, 1.807) is 11.3 Å². The van der Waals surface area contributed by atoms with Crippen molar-refractivity contribution in [1.29, 1.82) is 0 Å². The average molecular weight is 266 g/mol. The second-order valence-electron chi connectivity index (χ2n) is 6.49. The summed E-state index contributed by atoms with van der Waals surface area (Å²) in [4.78, 5) is 4.46. The minimum absolute atomic E-state index is 0.443. The Morgan fingerprint density at radius 2 is 2.33 bits per heavy atom. The van der Waals surface area contributed by atoms with Gasteiger partial charge in [0, 0.05) is 17.6 Å². The lowest BCUT2D eigenvalue weighted by Gasteiger charge is -2.40. The molecule has 0 bridgehead atoms. The fourth-order valence-corrected chi connectivity index (χ4v) is 4.00. The summed E-state index contributed by atoms with van der Waals surface area (Å²) in [6.45, 7) is 9.44. The van der Waals surface area contributed by atoms with E-state index >= 15 is 0 Å². The second-order valence-corrected chi connectivity index (χ2v) is 7.41. The van der Waals surface area contributed by atoms with Crippen LogP contribution in [0.25, 0.3) is 0 Å². The lowest BCUT2D eigenvalue weighted by molar-refractivity contribution is 0.140. The van der Waals surface area contributed by atoms with Crippen LogP contribution in [0.3, 0.4) is 0 Å². The third kappa shape index (κ3) is 3.33. The Hall–Kier alpha value is -0.410. The molecule has 1 fully saturated rings. The van der Waals surface area contributed by atoms with E-state index in [2.05, 4.69) is 43.4 Å². The first kappa shape index (κ1) is 14.0. The maximum atomic E-state index is 4.46. The zero-order valence-electron chi connectivity index (χ0n) is 12.1. The molecule has 0 saturated heterocycles. The Bertz CT molecular complexity index is 359. The second kappa shape index (κ2) is 5.70. The van der Waals surface area contributed by atoms with Crippen molar-refractivity contribution in [2.75, 3.05) is 0 Å². The molecule has 1 aliphatic rings. The maximum absolute atomic E-state index is 4.46. The van der Waals surface area contributed by atoms with E-state index in [9.17, 15) is 0 Å². The van der Waals surface area contributed by atoms with Gasteiger partial charge in [0.2, 0.25) is 0 Å². The molecule has 3 heteroatoms. The van der Waals surface area contributed by atoms with Crippen molar-refractivity contribution >= 4 is 11.3 Å². The number of nitrogens with one attached hydrogen (secondary N) is 1.